The van der Waals surface area contributed by atoms with Gasteiger partial charge < -0.3 is 4.42 Å². The van der Waals surface area contributed by atoms with E-state index in [0.29, 0.717) is 17.5 Å². The zero-order valence-corrected chi connectivity index (χ0v) is 12.1. The minimum atomic E-state index is 0.599. The quantitative estimate of drug-likeness (QED) is 0.734. The lowest BCUT2D eigenvalue weighted by Crippen LogP contribution is -1.97. The number of rotatable bonds is 4. The smallest absolute Gasteiger partial charge is 0.226 e. The van der Waals surface area contributed by atoms with Gasteiger partial charge in [-0.05, 0) is 19.1 Å². The summed E-state index contributed by atoms with van der Waals surface area (Å²) >= 11 is 1.70. The molecule has 0 bridgehead atoms. The van der Waals surface area contributed by atoms with Crippen LogP contribution in [0.4, 0.5) is 0 Å². The van der Waals surface area contributed by atoms with Crippen molar-refractivity contribution in [3.63, 3.8) is 0 Å². The average Bonchev–Trinajstić information content (AvgIpc) is 2.85. The second kappa shape index (κ2) is 5.58. The van der Waals surface area contributed by atoms with Gasteiger partial charge in [-0.2, -0.15) is 0 Å². The fourth-order valence-electron chi connectivity index (χ4n) is 1.89. The van der Waals surface area contributed by atoms with Crippen molar-refractivity contribution in [3.05, 3.63) is 47.4 Å². The largest absolute Gasteiger partial charge is 0.425 e. The highest BCUT2D eigenvalue weighted by molar-refractivity contribution is 7.97. The van der Waals surface area contributed by atoms with E-state index in [1.54, 1.807) is 18.7 Å². The molecule has 102 valence electrons. The molecule has 0 saturated heterocycles. The number of aromatic nitrogens is 4. The number of para-hydroxylation sites is 2. The Balaban J connectivity index is 1.72. The third-order valence-corrected chi connectivity index (χ3v) is 3.80. The molecule has 0 amide bonds. The van der Waals surface area contributed by atoms with Crippen LogP contribution in [0.5, 0.6) is 0 Å². The lowest BCUT2D eigenvalue weighted by Gasteiger charge is -2.05. The second-order valence-corrected chi connectivity index (χ2v) is 5.44. The summed E-state index contributed by atoms with van der Waals surface area (Å²) in [5.41, 5.74) is 3.84. The molecule has 2 aromatic heterocycles. The Morgan fingerprint density at radius 2 is 1.75 bits per heavy atom. The number of nitrogens with zero attached hydrogens (tertiary/aromatic N) is 4. The van der Waals surface area contributed by atoms with Crippen LogP contribution < -0.4 is 0 Å². The van der Waals surface area contributed by atoms with E-state index in [1.165, 1.54) is 0 Å². The lowest BCUT2D eigenvalue weighted by molar-refractivity contribution is 0.485. The molecule has 6 heteroatoms. The Kier molecular flexibility index (Phi) is 3.64. The van der Waals surface area contributed by atoms with Gasteiger partial charge in [-0.15, -0.1) is 22.0 Å². The Morgan fingerprint density at radius 1 is 1.00 bits per heavy atom. The van der Waals surface area contributed by atoms with Gasteiger partial charge in [0.15, 0.2) is 0 Å². The normalized spacial score (nSPS) is 11.1. The molecule has 0 aliphatic carbocycles. The van der Waals surface area contributed by atoms with Gasteiger partial charge in [0, 0.05) is 12.7 Å². The molecule has 0 radical (unpaired) electrons. The molecule has 0 unspecified atom stereocenters. The molecule has 0 atom stereocenters. The van der Waals surface area contributed by atoms with E-state index in [2.05, 4.69) is 20.2 Å². The van der Waals surface area contributed by atoms with Crippen molar-refractivity contribution in [2.45, 2.75) is 25.4 Å². The van der Waals surface area contributed by atoms with Gasteiger partial charge in [0.2, 0.25) is 11.8 Å². The molecule has 0 saturated carbocycles. The van der Waals surface area contributed by atoms with Gasteiger partial charge in [0.25, 0.3) is 0 Å². The van der Waals surface area contributed by atoms with Crippen molar-refractivity contribution in [1.82, 2.24) is 20.2 Å². The first kappa shape index (κ1) is 13.1. The van der Waals surface area contributed by atoms with Crippen LogP contribution in [0.15, 0.2) is 28.7 Å². The maximum absolute atomic E-state index is 5.34. The van der Waals surface area contributed by atoms with Crippen molar-refractivity contribution < 1.29 is 4.42 Å². The predicted octanol–water partition coefficient (Wildman–Crippen LogP) is 3.06. The van der Waals surface area contributed by atoms with E-state index in [1.807, 2.05) is 31.2 Å². The molecule has 3 aromatic rings. The van der Waals surface area contributed by atoms with Crippen LogP contribution in [0.1, 0.15) is 23.2 Å². The van der Waals surface area contributed by atoms with Crippen molar-refractivity contribution in [1.29, 1.82) is 0 Å². The van der Waals surface area contributed by atoms with Crippen molar-refractivity contribution >= 4 is 22.8 Å². The minimum absolute atomic E-state index is 0.599. The Labute approximate surface area is 120 Å². The number of thioether (sulfide) groups is 1. The van der Waals surface area contributed by atoms with Gasteiger partial charge >= 0.3 is 0 Å². The zero-order chi connectivity index (χ0) is 13.9. The average molecular weight is 286 g/mol. The first-order valence-corrected chi connectivity index (χ1v) is 7.47. The predicted molar refractivity (Wildman–Crippen MR) is 78.3 cm³/mol. The van der Waals surface area contributed by atoms with Gasteiger partial charge in [-0.1, -0.05) is 12.1 Å². The Morgan fingerprint density at radius 3 is 2.45 bits per heavy atom. The van der Waals surface area contributed by atoms with Crippen LogP contribution in [0, 0.1) is 13.8 Å². The minimum Gasteiger partial charge on any atom is -0.425 e. The van der Waals surface area contributed by atoms with Crippen molar-refractivity contribution in [2.75, 3.05) is 0 Å². The first-order valence-electron chi connectivity index (χ1n) is 6.31. The monoisotopic (exact) mass is 286 g/mol. The highest BCUT2D eigenvalue weighted by atomic mass is 32.2. The van der Waals surface area contributed by atoms with Crippen LogP contribution in [-0.4, -0.2) is 20.2 Å². The molecule has 20 heavy (non-hydrogen) atoms. The third kappa shape index (κ3) is 2.80. The highest BCUT2D eigenvalue weighted by Crippen LogP contribution is 2.19. The van der Waals surface area contributed by atoms with Gasteiger partial charge in [-0.3, -0.25) is 0 Å². The molecule has 3 rings (SSSR count). The maximum Gasteiger partial charge on any atom is 0.226 e. The van der Waals surface area contributed by atoms with Crippen LogP contribution in [0.2, 0.25) is 0 Å². The highest BCUT2D eigenvalue weighted by Gasteiger charge is 2.07. The molecule has 0 aliphatic heterocycles. The molecule has 1 aromatic carbocycles. The Bertz CT molecular complexity index is 741. The number of aryl methyl sites for hydroxylation is 2. The lowest BCUT2D eigenvalue weighted by atomic mass is 10.2. The zero-order valence-electron chi connectivity index (χ0n) is 11.3. The number of benzene rings is 1. The summed E-state index contributed by atoms with van der Waals surface area (Å²) in [6.45, 7) is 3.78. The van der Waals surface area contributed by atoms with Crippen LogP contribution in [-0.2, 0) is 11.5 Å². The molecule has 0 N–H and O–H groups in total. The topological polar surface area (TPSA) is 64.7 Å². The van der Waals surface area contributed by atoms with E-state index < -0.39 is 0 Å². The summed E-state index contributed by atoms with van der Waals surface area (Å²) in [6, 6.07) is 7.91. The summed E-state index contributed by atoms with van der Waals surface area (Å²) < 4.78 is 5.34. The molecule has 0 aliphatic rings. The molecule has 0 spiro atoms. The van der Waals surface area contributed by atoms with E-state index in [4.69, 9.17) is 4.42 Å². The molecule has 2 heterocycles. The van der Waals surface area contributed by atoms with Crippen molar-refractivity contribution in [3.8, 4) is 0 Å². The van der Waals surface area contributed by atoms with E-state index >= 15 is 0 Å². The summed E-state index contributed by atoms with van der Waals surface area (Å²) in [5.74, 6) is 2.72. The standard InChI is InChI=1S/C14H14N4OS/c1-9-13(7-20-8-14-18-17-10(2)19-14)16-12-6-4-3-5-11(12)15-9/h3-6H,7-8H2,1-2H3. The Hall–Kier alpha value is -1.95. The number of fused-ring (bicyclic) bond motifs is 1. The van der Waals surface area contributed by atoms with Crippen LogP contribution in [0.25, 0.3) is 11.0 Å². The second-order valence-electron chi connectivity index (χ2n) is 4.45. The summed E-state index contributed by atoms with van der Waals surface area (Å²) in [4.78, 5) is 9.24. The van der Waals surface area contributed by atoms with Crippen LogP contribution in [0.3, 0.4) is 0 Å². The maximum atomic E-state index is 5.34. The molecule has 5 nitrogen and oxygen atoms in total. The first-order chi connectivity index (χ1) is 9.72. The van der Waals surface area contributed by atoms with E-state index in [9.17, 15) is 0 Å². The fraction of sp³-hybridized carbons (Fsp3) is 0.286. The van der Waals surface area contributed by atoms with Crippen molar-refractivity contribution in [2.24, 2.45) is 0 Å². The molecule has 0 fully saturated rings. The van der Waals surface area contributed by atoms with Crippen LogP contribution >= 0.6 is 11.8 Å². The number of hydrogen-bond acceptors (Lipinski definition) is 6. The summed E-state index contributed by atoms with van der Waals surface area (Å²) in [7, 11) is 0. The van der Waals surface area contributed by atoms with Gasteiger partial charge in [-0.25, -0.2) is 9.97 Å². The fourth-order valence-corrected chi connectivity index (χ4v) is 2.75. The van der Waals surface area contributed by atoms with E-state index in [0.717, 1.165) is 28.2 Å². The summed E-state index contributed by atoms with van der Waals surface area (Å²) in [5, 5.41) is 7.79. The molecular formula is C14H14N4OS. The summed E-state index contributed by atoms with van der Waals surface area (Å²) in [6.07, 6.45) is 0. The number of hydrogen-bond donors (Lipinski definition) is 0. The SMILES string of the molecule is Cc1nnc(CSCc2nc3ccccc3nc2C)o1. The van der Waals surface area contributed by atoms with E-state index in [-0.39, 0.29) is 0 Å². The third-order valence-electron chi connectivity index (χ3n) is 2.88. The molecular weight excluding hydrogens is 272 g/mol. The van der Waals surface area contributed by atoms with Gasteiger partial charge in [0.05, 0.1) is 28.2 Å². The van der Waals surface area contributed by atoms with Gasteiger partial charge in [0.1, 0.15) is 0 Å².